The minimum Gasteiger partial charge on any atom is -0.392 e. The van der Waals surface area contributed by atoms with Crippen molar-refractivity contribution in [3.05, 3.63) is 34.9 Å². The zero-order chi connectivity index (χ0) is 11.9. The van der Waals surface area contributed by atoms with Gasteiger partial charge < -0.3 is 5.11 Å². The lowest BCUT2D eigenvalue weighted by Gasteiger charge is -2.12. The maximum absolute atomic E-state index is 12.4. The van der Waals surface area contributed by atoms with Gasteiger partial charge in [-0.1, -0.05) is 12.1 Å². The second kappa shape index (κ2) is 3.38. The van der Waals surface area contributed by atoms with Crippen LogP contribution >= 0.6 is 0 Å². The third-order valence-corrected chi connectivity index (χ3v) is 1.76. The van der Waals surface area contributed by atoms with Gasteiger partial charge in [-0.2, -0.15) is 13.2 Å². The van der Waals surface area contributed by atoms with Crippen molar-refractivity contribution in [3.8, 4) is 0 Å². The lowest BCUT2D eigenvalue weighted by atomic mass is 10.0. The minimum absolute atomic E-state index is 0.294. The average molecular weight is 192 g/mol. The molecule has 4 heteroatoms. The molecule has 72 valence electrons. The second-order valence-electron chi connectivity index (χ2n) is 2.59. The van der Waals surface area contributed by atoms with Gasteiger partial charge in [-0.25, -0.2) is 0 Å². The van der Waals surface area contributed by atoms with Gasteiger partial charge in [0.05, 0.1) is 14.9 Å². The van der Waals surface area contributed by atoms with E-state index in [1.54, 1.807) is 0 Å². The lowest BCUT2D eigenvalue weighted by Crippen LogP contribution is -2.08. The van der Waals surface area contributed by atoms with Crippen LogP contribution in [0, 0.1) is 6.92 Å². The first kappa shape index (κ1) is 7.38. The van der Waals surface area contributed by atoms with Crippen molar-refractivity contribution in [3.63, 3.8) is 0 Å². The van der Waals surface area contributed by atoms with Crippen molar-refractivity contribution in [1.82, 2.24) is 0 Å². The molecule has 0 heterocycles. The summed E-state index contributed by atoms with van der Waals surface area (Å²) in [5, 5.41) is 9.03. The molecule has 0 amide bonds. The Balaban J connectivity index is 3.37. The third kappa shape index (κ3) is 2.01. The van der Waals surface area contributed by atoms with E-state index in [0.717, 1.165) is 25.1 Å². The van der Waals surface area contributed by atoms with Crippen LogP contribution in [0.4, 0.5) is 13.2 Å². The number of rotatable bonds is 1. The molecule has 0 fully saturated rings. The quantitative estimate of drug-likeness (QED) is 0.724. The van der Waals surface area contributed by atoms with Crippen LogP contribution < -0.4 is 0 Å². The highest BCUT2D eigenvalue weighted by Gasteiger charge is 2.32. The van der Waals surface area contributed by atoms with E-state index in [4.69, 9.17) is 7.85 Å². The number of halogens is 3. The standard InChI is InChI=1S/C9H9F3O/c1-6-7(5-13)3-2-4-8(6)9(10,11)12/h2-4,13H,5H2,1H3/i5D2. The molecule has 0 unspecified atom stereocenters. The first-order chi connectivity index (χ1) is 6.64. The van der Waals surface area contributed by atoms with Crippen LogP contribution in [0.1, 0.15) is 19.4 Å². The highest BCUT2D eigenvalue weighted by atomic mass is 19.4. The average Bonchev–Trinajstić information content (AvgIpc) is 1.99. The summed E-state index contributed by atoms with van der Waals surface area (Å²) in [6.07, 6.45) is -4.54. The van der Waals surface area contributed by atoms with Crippen LogP contribution in [0.15, 0.2) is 18.2 Å². The van der Waals surface area contributed by atoms with E-state index >= 15 is 0 Å². The van der Waals surface area contributed by atoms with E-state index in [9.17, 15) is 13.2 Å². The van der Waals surface area contributed by atoms with Gasteiger partial charge in [0, 0.05) is 0 Å². The van der Waals surface area contributed by atoms with Crippen molar-refractivity contribution >= 4 is 0 Å². The molecule has 0 aliphatic rings. The summed E-state index contributed by atoms with van der Waals surface area (Å²) in [6.45, 7) is -1.63. The van der Waals surface area contributed by atoms with Crippen molar-refractivity contribution < 1.29 is 21.0 Å². The Bertz CT molecular complexity index is 336. The van der Waals surface area contributed by atoms with Gasteiger partial charge in [0.2, 0.25) is 0 Å². The van der Waals surface area contributed by atoms with Gasteiger partial charge in [-0.15, -0.1) is 0 Å². The molecular weight excluding hydrogens is 181 g/mol. The predicted molar refractivity (Wildman–Crippen MR) is 42.1 cm³/mol. The topological polar surface area (TPSA) is 20.2 Å². The van der Waals surface area contributed by atoms with Crippen LogP contribution in [0.25, 0.3) is 0 Å². The van der Waals surface area contributed by atoms with E-state index in [1.165, 1.54) is 0 Å². The zero-order valence-corrected chi connectivity index (χ0v) is 6.81. The Morgan fingerprint density at radius 2 is 2.08 bits per heavy atom. The van der Waals surface area contributed by atoms with Gasteiger partial charge >= 0.3 is 6.18 Å². The van der Waals surface area contributed by atoms with Crippen molar-refractivity contribution in [1.29, 1.82) is 0 Å². The summed E-state index contributed by atoms with van der Waals surface area (Å²) in [7, 11) is 0. The van der Waals surface area contributed by atoms with Crippen molar-refractivity contribution in [2.75, 3.05) is 0 Å². The first-order valence-corrected chi connectivity index (χ1v) is 3.53. The molecule has 0 atom stereocenters. The molecule has 1 nitrogen and oxygen atoms in total. The first-order valence-electron chi connectivity index (χ1n) is 4.53. The number of aliphatic hydroxyl groups is 1. The third-order valence-electron chi connectivity index (χ3n) is 1.76. The van der Waals surface area contributed by atoms with E-state index in [-0.39, 0.29) is 11.1 Å². The normalized spacial score (nSPS) is 15.2. The number of hydrogen-bond acceptors (Lipinski definition) is 1. The molecular formula is C9H9F3O. The molecule has 0 radical (unpaired) electrons. The molecule has 1 rings (SSSR count). The molecule has 0 spiro atoms. The van der Waals surface area contributed by atoms with E-state index in [1.807, 2.05) is 0 Å². The Morgan fingerprint density at radius 1 is 1.46 bits per heavy atom. The monoisotopic (exact) mass is 192 g/mol. The smallest absolute Gasteiger partial charge is 0.392 e. The second-order valence-corrected chi connectivity index (χ2v) is 2.59. The predicted octanol–water partition coefficient (Wildman–Crippen LogP) is 2.51. The van der Waals surface area contributed by atoms with Gasteiger partial charge in [0.25, 0.3) is 0 Å². The Kier molecular flexibility index (Phi) is 1.92. The van der Waals surface area contributed by atoms with Gasteiger partial charge in [0.15, 0.2) is 0 Å². The molecule has 0 bridgehead atoms. The molecule has 0 aliphatic heterocycles. The molecule has 0 aromatic heterocycles. The van der Waals surface area contributed by atoms with Crippen molar-refractivity contribution in [2.45, 2.75) is 19.7 Å². The fourth-order valence-corrected chi connectivity index (χ4v) is 1.06. The molecule has 0 saturated carbocycles. The highest BCUT2D eigenvalue weighted by Crippen LogP contribution is 2.32. The molecule has 1 N–H and O–H groups in total. The maximum Gasteiger partial charge on any atom is 0.416 e. The van der Waals surface area contributed by atoms with E-state index in [0.29, 0.717) is 0 Å². The van der Waals surface area contributed by atoms with E-state index < -0.39 is 18.3 Å². The largest absolute Gasteiger partial charge is 0.416 e. The molecule has 0 aliphatic carbocycles. The summed E-state index contributed by atoms with van der Waals surface area (Å²) in [5.41, 5.74) is -1.59. The summed E-state index contributed by atoms with van der Waals surface area (Å²) in [6, 6.07) is 3.05. The van der Waals surface area contributed by atoms with Crippen LogP contribution in [0.3, 0.4) is 0 Å². The summed E-state index contributed by atoms with van der Waals surface area (Å²) in [5.74, 6) is 0. The van der Waals surface area contributed by atoms with Gasteiger partial charge in [-0.3, -0.25) is 0 Å². The van der Waals surface area contributed by atoms with Crippen LogP contribution in [-0.4, -0.2) is 5.11 Å². The Morgan fingerprint density at radius 3 is 2.54 bits per heavy atom. The molecule has 0 saturated heterocycles. The summed E-state index contributed by atoms with van der Waals surface area (Å²) < 4.78 is 51.2. The zero-order valence-electron chi connectivity index (χ0n) is 8.81. The molecule has 13 heavy (non-hydrogen) atoms. The van der Waals surface area contributed by atoms with Gasteiger partial charge in [-0.05, 0) is 24.1 Å². The lowest BCUT2D eigenvalue weighted by molar-refractivity contribution is -0.138. The number of hydrogen-bond donors (Lipinski definition) is 1. The van der Waals surface area contributed by atoms with Crippen LogP contribution in [0.5, 0.6) is 0 Å². The Labute approximate surface area is 76.6 Å². The fourth-order valence-electron chi connectivity index (χ4n) is 1.06. The van der Waals surface area contributed by atoms with E-state index in [2.05, 4.69) is 0 Å². The summed E-state index contributed by atoms with van der Waals surface area (Å²) >= 11 is 0. The van der Waals surface area contributed by atoms with Crippen molar-refractivity contribution in [2.24, 2.45) is 0 Å². The summed E-state index contributed by atoms with van der Waals surface area (Å²) in [4.78, 5) is 0. The molecule has 1 aromatic rings. The molecule has 1 aromatic carbocycles. The number of benzene rings is 1. The van der Waals surface area contributed by atoms with Gasteiger partial charge in [0.1, 0.15) is 0 Å². The SMILES string of the molecule is [2H]C([2H])(O)c1cccc(C(F)(F)F)c1C. The number of alkyl halides is 3. The highest BCUT2D eigenvalue weighted by molar-refractivity contribution is 5.35. The fraction of sp³-hybridized carbons (Fsp3) is 0.333. The minimum atomic E-state index is -4.54. The van der Waals surface area contributed by atoms with Crippen LogP contribution in [-0.2, 0) is 12.7 Å². The Hall–Kier alpha value is -1.03. The van der Waals surface area contributed by atoms with Crippen LogP contribution in [0.2, 0.25) is 0 Å². The maximum atomic E-state index is 12.4.